The van der Waals surface area contributed by atoms with E-state index in [-0.39, 0.29) is 11.8 Å². The molecule has 18 heavy (non-hydrogen) atoms. The number of benzene rings is 1. The van der Waals surface area contributed by atoms with Gasteiger partial charge >= 0.3 is 5.97 Å². The quantitative estimate of drug-likeness (QED) is 0.876. The topological polar surface area (TPSA) is 40.5 Å². The van der Waals surface area contributed by atoms with Gasteiger partial charge in [-0.15, -0.1) is 0 Å². The van der Waals surface area contributed by atoms with E-state index in [9.17, 15) is 13.6 Å². The van der Waals surface area contributed by atoms with E-state index in [1.165, 1.54) is 12.1 Å². The Hall–Kier alpha value is -1.49. The monoisotopic (exact) mass is 255 g/mol. The van der Waals surface area contributed by atoms with Crippen LogP contribution in [0.4, 0.5) is 8.78 Å². The van der Waals surface area contributed by atoms with Crippen LogP contribution in [0, 0.1) is 23.5 Å². The molecule has 2 rings (SSSR count). The Morgan fingerprint density at radius 2 is 2.17 bits per heavy atom. The molecule has 0 radical (unpaired) electrons. The smallest absolute Gasteiger partial charge is 0.306 e. The van der Waals surface area contributed by atoms with Gasteiger partial charge in [-0.3, -0.25) is 4.79 Å². The van der Waals surface area contributed by atoms with Gasteiger partial charge < -0.3 is 10.0 Å². The molecule has 2 unspecified atom stereocenters. The average Bonchev–Trinajstić information content (AvgIpc) is 3.03. The number of halogens is 2. The molecule has 1 saturated carbocycles. The maximum Gasteiger partial charge on any atom is 0.306 e. The third-order valence-corrected chi connectivity index (χ3v) is 3.22. The Balaban J connectivity index is 1.86. The number of aliphatic carboxylic acids is 1. The Morgan fingerprint density at radius 1 is 1.44 bits per heavy atom. The summed E-state index contributed by atoms with van der Waals surface area (Å²) in [5, 5.41) is 8.78. The highest BCUT2D eigenvalue weighted by atomic mass is 19.2. The molecule has 0 aliphatic heterocycles. The van der Waals surface area contributed by atoms with Gasteiger partial charge in [0.1, 0.15) is 0 Å². The molecule has 1 aliphatic rings. The van der Waals surface area contributed by atoms with Crippen LogP contribution >= 0.6 is 0 Å². The molecule has 1 N–H and O–H groups in total. The standard InChI is InChI=1S/C13H15F2NO2/c1-16(7-9-5-10(9)13(17)18)6-8-2-3-11(14)12(15)4-8/h2-4,9-10H,5-7H2,1H3,(H,17,18). The zero-order chi connectivity index (χ0) is 13.3. The van der Waals surface area contributed by atoms with Crippen LogP contribution in [0.25, 0.3) is 0 Å². The second-order valence-corrected chi connectivity index (χ2v) is 4.89. The summed E-state index contributed by atoms with van der Waals surface area (Å²) in [6.45, 7) is 1.15. The summed E-state index contributed by atoms with van der Waals surface area (Å²) < 4.78 is 25.7. The van der Waals surface area contributed by atoms with Gasteiger partial charge in [-0.1, -0.05) is 6.07 Å². The molecule has 2 atom stereocenters. The number of hydrogen-bond donors (Lipinski definition) is 1. The maximum absolute atomic E-state index is 13.0. The Bertz CT molecular complexity index is 464. The number of carboxylic acid groups (broad SMARTS) is 1. The fourth-order valence-corrected chi connectivity index (χ4v) is 2.17. The van der Waals surface area contributed by atoms with Gasteiger partial charge in [0.15, 0.2) is 11.6 Å². The van der Waals surface area contributed by atoms with Crippen LogP contribution in [-0.4, -0.2) is 29.6 Å². The highest BCUT2D eigenvalue weighted by molar-refractivity contribution is 5.73. The number of carbonyl (C=O) groups is 1. The van der Waals surface area contributed by atoms with E-state index in [4.69, 9.17) is 5.11 Å². The summed E-state index contributed by atoms with van der Waals surface area (Å²) >= 11 is 0. The van der Waals surface area contributed by atoms with Crippen LogP contribution in [0.3, 0.4) is 0 Å². The molecule has 0 saturated heterocycles. The number of rotatable bonds is 5. The number of nitrogens with zero attached hydrogens (tertiary/aromatic N) is 1. The van der Waals surface area contributed by atoms with Gasteiger partial charge in [-0.25, -0.2) is 8.78 Å². The van der Waals surface area contributed by atoms with Crippen LogP contribution in [0.1, 0.15) is 12.0 Å². The summed E-state index contributed by atoms with van der Waals surface area (Å²) in [6.07, 6.45) is 0.706. The SMILES string of the molecule is CN(Cc1ccc(F)c(F)c1)CC1CC1C(=O)O. The fraction of sp³-hybridized carbons (Fsp3) is 0.462. The molecular weight excluding hydrogens is 240 g/mol. The van der Waals surface area contributed by atoms with Gasteiger partial charge in [-0.05, 0) is 37.1 Å². The summed E-state index contributed by atoms with van der Waals surface area (Å²) in [5.41, 5.74) is 0.684. The van der Waals surface area contributed by atoms with Crippen molar-refractivity contribution < 1.29 is 18.7 Å². The van der Waals surface area contributed by atoms with Gasteiger partial charge in [0.25, 0.3) is 0 Å². The van der Waals surface area contributed by atoms with Crippen molar-refractivity contribution in [1.82, 2.24) is 4.90 Å². The zero-order valence-corrected chi connectivity index (χ0v) is 10.1. The minimum absolute atomic E-state index is 0.179. The molecule has 0 heterocycles. The molecule has 3 nitrogen and oxygen atoms in total. The third kappa shape index (κ3) is 3.04. The number of hydrogen-bond acceptors (Lipinski definition) is 2. The Labute approximate surface area is 104 Å². The van der Waals surface area contributed by atoms with Crippen molar-refractivity contribution in [1.29, 1.82) is 0 Å². The second-order valence-electron chi connectivity index (χ2n) is 4.89. The van der Waals surface area contributed by atoms with E-state index < -0.39 is 17.6 Å². The molecule has 1 aromatic carbocycles. The zero-order valence-electron chi connectivity index (χ0n) is 10.1. The summed E-state index contributed by atoms with van der Waals surface area (Å²) in [6, 6.07) is 3.82. The minimum atomic E-state index is -0.852. The lowest BCUT2D eigenvalue weighted by Gasteiger charge is -2.16. The summed E-state index contributed by atoms with van der Waals surface area (Å²) in [7, 11) is 1.85. The van der Waals surface area contributed by atoms with E-state index in [1.807, 2.05) is 11.9 Å². The van der Waals surface area contributed by atoms with Gasteiger partial charge in [-0.2, -0.15) is 0 Å². The normalized spacial score (nSPS) is 22.2. The van der Waals surface area contributed by atoms with Gasteiger partial charge in [0.05, 0.1) is 5.92 Å². The first-order valence-electron chi connectivity index (χ1n) is 5.82. The fourth-order valence-electron chi connectivity index (χ4n) is 2.17. The van der Waals surface area contributed by atoms with Crippen molar-refractivity contribution in [3.8, 4) is 0 Å². The van der Waals surface area contributed by atoms with E-state index in [2.05, 4.69) is 0 Å². The molecule has 0 spiro atoms. The molecule has 1 aromatic rings. The summed E-state index contributed by atoms with van der Waals surface area (Å²) in [5.74, 6) is -2.51. The predicted octanol–water partition coefficient (Wildman–Crippen LogP) is 2.12. The first-order chi connectivity index (χ1) is 8.47. The van der Waals surface area contributed by atoms with E-state index >= 15 is 0 Å². The Morgan fingerprint density at radius 3 is 2.72 bits per heavy atom. The molecule has 0 amide bonds. The molecule has 1 fully saturated rings. The summed E-state index contributed by atoms with van der Waals surface area (Å²) in [4.78, 5) is 12.6. The van der Waals surface area contributed by atoms with Crippen molar-refractivity contribution >= 4 is 5.97 Å². The Kier molecular flexibility index (Phi) is 3.61. The van der Waals surface area contributed by atoms with Crippen molar-refractivity contribution in [3.63, 3.8) is 0 Å². The van der Waals surface area contributed by atoms with Gasteiger partial charge in [0, 0.05) is 13.1 Å². The van der Waals surface area contributed by atoms with Crippen LogP contribution in [0.2, 0.25) is 0 Å². The van der Waals surface area contributed by atoms with Crippen molar-refractivity contribution in [2.75, 3.05) is 13.6 Å². The van der Waals surface area contributed by atoms with E-state index in [0.29, 0.717) is 25.1 Å². The van der Waals surface area contributed by atoms with E-state index in [0.717, 1.165) is 6.07 Å². The van der Waals surface area contributed by atoms with Crippen LogP contribution in [0.5, 0.6) is 0 Å². The van der Waals surface area contributed by atoms with Gasteiger partial charge in [0.2, 0.25) is 0 Å². The molecule has 98 valence electrons. The van der Waals surface area contributed by atoms with Crippen molar-refractivity contribution in [2.24, 2.45) is 11.8 Å². The lowest BCUT2D eigenvalue weighted by Crippen LogP contribution is -2.22. The highest BCUT2D eigenvalue weighted by Crippen LogP contribution is 2.39. The lowest BCUT2D eigenvalue weighted by molar-refractivity contribution is -0.138. The van der Waals surface area contributed by atoms with Crippen LogP contribution in [0.15, 0.2) is 18.2 Å². The van der Waals surface area contributed by atoms with E-state index in [1.54, 1.807) is 0 Å². The first kappa shape index (κ1) is 13.0. The van der Waals surface area contributed by atoms with Crippen LogP contribution < -0.4 is 0 Å². The molecular formula is C13H15F2NO2. The largest absolute Gasteiger partial charge is 0.481 e. The molecule has 0 bridgehead atoms. The van der Waals surface area contributed by atoms with Crippen molar-refractivity contribution in [2.45, 2.75) is 13.0 Å². The molecule has 1 aliphatic carbocycles. The van der Waals surface area contributed by atoms with Crippen LogP contribution in [-0.2, 0) is 11.3 Å². The first-order valence-corrected chi connectivity index (χ1v) is 5.82. The minimum Gasteiger partial charge on any atom is -0.481 e. The average molecular weight is 255 g/mol. The number of carboxylic acids is 1. The third-order valence-electron chi connectivity index (χ3n) is 3.22. The lowest BCUT2D eigenvalue weighted by atomic mass is 10.2. The maximum atomic E-state index is 13.0. The molecule has 0 aromatic heterocycles. The predicted molar refractivity (Wildman–Crippen MR) is 61.9 cm³/mol. The molecule has 5 heteroatoms. The second kappa shape index (κ2) is 5.02. The van der Waals surface area contributed by atoms with Crippen molar-refractivity contribution in [3.05, 3.63) is 35.4 Å². The highest BCUT2D eigenvalue weighted by Gasteiger charge is 2.43.